The summed E-state index contributed by atoms with van der Waals surface area (Å²) in [4.78, 5) is 11.8. The van der Waals surface area contributed by atoms with E-state index in [0.29, 0.717) is 0 Å². The maximum absolute atomic E-state index is 11.8. The van der Waals surface area contributed by atoms with Crippen molar-refractivity contribution in [1.29, 1.82) is 0 Å². The first-order chi connectivity index (χ1) is 6.65. The predicted octanol–water partition coefficient (Wildman–Crippen LogP) is 2.04. The molecule has 0 aromatic heterocycles. The Morgan fingerprint density at radius 1 is 1.43 bits per heavy atom. The van der Waals surface area contributed by atoms with Gasteiger partial charge in [-0.05, 0) is 33.1 Å². The zero-order chi connectivity index (χ0) is 10.2. The fraction of sp³-hybridized carbons (Fsp3) is 0.909. The lowest BCUT2D eigenvalue weighted by molar-refractivity contribution is -0.154. The van der Waals surface area contributed by atoms with Gasteiger partial charge in [-0.25, -0.2) is 4.79 Å². The maximum atomic E-state index is 11.8. The molecule has 2 unspecified atom stereocenters. The van der Waals surface area contributed by atoms with Crippen molar-refractivity contribution in [1.82, 2.24) is 0 Å². The summed E-state index contributed by atoms with van der Waals surface area (Å²) in [6.07, 6.45) is 5.47. The summed E-state index contributed by atoms with van der Waals surface area (Å²) in [5.74, 6) is -0.139. The molecule has 1 aliphatic heterocycles. The third-order valence-corrected chi connectivity index (χ3v) is 3.02. The van der Waals surface area contributed by atoms with Gasteiger partial charge in [-0.2, -0.15) is 0 Å². The molecule has 2 aliphatic rings. The summed E-state index contributed by atoms with van der Waals surface area (Å²) in [7, 11) is 0. The monoisotopic (exact) mass is 198 g/mol. The van der Waals surface area contributed by atoms with Gasteiger partial charge in [0.05, 0.1) is 12.2 Å². The standard InChI is InChI=1S/C11H18O3/c1-8(2)13-10(12)11-7-5-3-4-6-9(11)14-11/h8-9H,3-7H2,1-2H3. The first-order valence-corrected chi connectivity index (χ1v) is 5.54. The van der Waals surface area contributed by atoms with Gasteiger partial charge in [0.2, 0.25) is 0 Å². The van der Waals surface area contributed by atoms with Crippen molar-refractivity contribution in [2.75, 3.05) is 0 Å². The smallest absolute Gasteiger partial charge is 0.341 e. The number of carbonyl (C=O) groups excluding carboxylic acids is 1. The number of esters is 1. The fourth-order valence-electron chi connectivity index (χ4n) is 2.22. The van der Waals surface area contributed by atoms with Crippen LogP contribution in [-0.2, 0) is 14.3 Å². The summed E-state index contributed by atoms with van der Waals surface area (Å²) in [6.45, 7) is 3.76. The van der Waals surface area contributed by atoms with Crippen LogP contribution < -0.4 is 0 Å². The fourth-order valence-corrected chi connectivity index (χ4v) is 2.22. The molecule has 0 radical (unpaired) electrons. The number of hydrogen-bond acceptors (Lipinski definition) is 3. The van der Waals surface area contributed by atoms with Crippen LogP contribution in [0.25, 0.3) is 0 Å². The van der Waals surface area contributed by atoms with E-state index in [9.17, 15) is 4.79 Å². The molecule has 3 heteroatoms. The maximum Gasteiger partial charge on any atom is 0.341 e. The number of fused-ring (bicyclic) bond motifs is 1. The van der Waals surface area contributed by atoms with Gasteiger partial charge in [0.25, 0.3) is 0 Å². The van der Waals surface area contributed by atoms with Crippen LogP contribution in [0.2, 0.25) is 0 Å². The van der Waals surface area contributed by atoms with Crippen molar-refractivity contribution in [3.8, 4) is 0 Å². The van der Waals surface area contributed by atoms with Gasteiger partial charge >= 0.3 is 5.97 Å². The molecule has 0 bridgehead atoms. The molecule has 1 heterocycles. The van der Waals surface area contributed by atoms with E-state index in [1.54, 1.807) is 0 Å². The van der Waals surface area contributed by atoms with Crippen LogP contribution in [0.1, 0.15) is 46.0 Å². The van der Waals surface area contributed by atoms with Gasteiger partial charge in [0, 0.05) is 0 Å². The molecular formula is C11H18O3. The van der Waals surface area contributed by atoms with E-state index in [-0.39, 0.29) is 18.2 Å². The van der Waals surface area contributed by atoms with Crippen LogP contribution in [0, 0.1) is 0 Å². The highest BCUT2D eigenvalue weighted by Crippen LogP contribution is 2.47. The summed E-state index contributed by atoms with van der Waals surface area (Å²) >= 11 is 0. The van der Waals surface area contributed by atoms with Gasteiger partial charge in [-0.1, -0.05) is 12.8 Å². The van der Waals surface area contributed by atoms with Gasteiger partial charge < -0.3 is 9.47 Å². The molecule has 14 heavy (non-hydrogen) atoms. The Hall–Kier alpha value is -0.570. The molecule has 0 N–H and O–H groups in total. The van der Waals surface area contributed by atoms with E-state index in [0.717, 1.165) is 19.3 Å². The van der Waals surface area contributed by atoms with Crippen LogP contribution >= 0.6 is 0 Å². The molecule has 2 atom stereocenters. The van der Waals surface area contributed by atoms with Crippen LogP contribution in [0.4, 0.5) is 0 Å². The average molecular weight is 198 g/mol. The topological polar surface area (TPSA) is 38.8 Å². The number of carbonyl (C=O) groups is 1. The highest BCUT2D eigenvalue weighted by molar-refractivity contribution is 5.83. The number of hydrogen-bond donors (Lipinski definition) is 0. The molecule has 1 saturated heterocycles. The van der Waals surface area contributed by atoms with E-state index >= 15 is 0 Å². The minimum atomic E-state index is -0.541. The molecule has 0 amide bonds. The van der Waals surface area contributed by atoms with Gasteiger partial charge in [0.1, 0.15) is 0 Å². The first kappa shape index (κ1) is 9.97. The highest BCUT2D eigenvalue weighted by Gasteiger charge is 2.63. The summed E-state index contributed by atoms with van der Waals surface area (Å²) in [5, 5.41) is 0. The largest absolute Gasteiger partial charge is 0.461 e. The molecule has 0 aromatic carbocycles. The minimum Gasteiger partial charge on any atom is -0.461 e. The van der Waals surface area contributed by atoms with Crippen LogP contribution in [0.5, 0.6) is 0 Å². The first-order valence-electron chi connectivity index (χ1n) is 5.54. The zero-order valence-electron chi connectivity index (χ0n) is 8.91. The second-order valence-electron chi connectivity index (χ2n) is 4.55. The van der Waals surface area contributed by atoms with Gasteiger partial charge in [-0.15, -0.1) is 0 Å². The van der Waals surface area contributed by atoms with Crippen LogP contribution in [0.15, 0.2) is 0 Å². The van der Waals surface area contributed by atoms with Crippen molar-refractivity contribution in [2.45, 2.75) is 63.8 Å². The average Bonchev–Trinajstić information content (AvgIpc) is 2.75. The molecular weight excluding hydrogens is 180 g/mol. The molecule has 2 rings (SSSR count). The molecule has 0 aromatic rings. The zero-order valence-corrected chi connectivity index (χ0v) is 8.91. The van der Waals surface area contributed by atoms with E-state index in [2.05, 4.69) is 0 Å². The molecule has 0 spiro atoms. The van der Waals surface area contributed by atoms with Crippen molar-refractivity contribution in [3.63, 3.8) is 0 Å². The Labute approximate surface area is 84.8 Å². The van der Waals surface area contributed by atoms with Crippen LogP contribution in [0.3, 0.4) is 0 Å². The van der Waals surface area contributed by atoms with Gasteiger partial charge in [-0.3, -0.25) is 0 Å². The van der Waals surface area contributed by atoms with E-state index in [1.165, 1.54) is 12.8 Å². The lowest BCUT2D eigenvalue weighted by atomic mass is 10.0. The second kappa shape index (κ2) is 3.54. The SMILES string of the molecule is CC(C)OC(=O)C12CCCCCC1O2. The third kappa shape index (κ3) is 1.65. The van der Waals surface area contributed by atoms with E-state index in [1.807, 2.05) is 13.8 Å². The Balaban J connectivity index is 1.98. The van der Waals surface area contributed by atoms with Crippen molar-refractivity contribution < 1.29 is 14.3 Å². The number of epoxide rings is 1. The Morgan fingerprint density at radius 2 is 2.21 bits per heavy atom. The number of rotatable bonds is 2. The molecule has 80 valence electrons. The van der Waals surface area contributed by atoms with Crippen LogP contribution in [-0.4, -0.2) is 23.8 Å². The van der Waals surface area contributed by atoms with Crippen molar-refractivity contribution in [2.24, 2.45) is 0 Å². The lowest BCUT2D eigenvalue weighted by Crippen LogP contribution is -2.31. The minimum absolute atomic E-state index is 0.0371. The van der Waals surface area contributed by atoms with Crippen molar-refractivity contribution in [3.05, 3.63) is 0 Å². The summed E-state index contributed by atoms with van der Waals surface area (Å²) in [6, 6.07) is 0. The Morgan fingerprint density at radius 3 is 2.93 bits per heavy atom. The van der Waals surface area contributed by atoms with Crippen molar-refractivity contribution >= 4 is 5.97 Å². The molecule has 3 nitrogen and oxygen atoms in total. The van der Waals surface area contributed by atoms with E-state index in [4.69, 9.17) is 9.47 Å². The quantitative estimate of drug-likeness (QED) is 0.503. The third-order valence-electron chi connectivity index (χ3n) is 3.02. The lowest BCUT2D eigenvalue weighted by Gasteiger charge is -2.13. The summed E-state index contributed by atoms with van der Waals surface area (Å²) in [5.41, 5.74) is -0.541. The number of ether oxygens (including phenoxy) is 2. The summed E-state index contributed by atoms with van der Waals surface area (Å²) < 4.78 is 10.8. The molecule has 1 aliphatic carbocycles. The molecule has 1 saturated carbocycles. The Bertz CT molecular complexity index is 237. The van der Waals surface area contributed by atoms with E-state index < -0.39 is 5.60 Å². The molecule has 2 fully saturated rings. The normalized spacial score (nSPS) is 36.1. The highest BCUT2D eigenvalue weighted by atomic mass is 16.7. The Kier molecular flexibility index (Phi) is 2.52. The van der Waals surface area contributed by atoms with Gasteiger partial charge in [0.15, 0.2) is 5.60 Å². The second-order valence-corrected chi connectivity index (χ2v) is 4.55. The predicted molar refractivity (Wildman–Crippen MR) is 51.9 cm³/mol.